The number of rotatable bonds is 4. The van der Waals surface area contributed by atoms with Gasteiger partial charge in [-0.3, -0.25) is 4.79 Å². The topological polar surface area (TPSA) is 67.1 Å². The highest BCUT2D eigenvalue weighted by Crippen LogP contribution is 2.24. The van der Waals surface area contributed by atoms with Gasteiger partial charge in [-0.15, -0.1) is 0 Å². The van der Waals surface area contributed by atoms with Gasteiger partial charge in [-0.1, -0.05) is 6.42 Å². The molecule has 0 aromatic rings. The summed E-state index contributed by atoms with van der Waals surface area (Å²) >= 11 is 0. The number of hydrogen-bond acceptors (Lipinski definition) is 3. The Kier molecular flexibility index (Phi) is 3.59. The van der Waals surface area contributed by atoms with Gasteiger partial charge in [-0.25, -0.2) is 0 Å². The largest absolute Gasteiger partial charge is 0.352 e. The molecule has 4 heteroatoms. The van der Waals surface area contributed by atoms with Gasteiger partial charge in [-0.2, -0.15) is 0 Å². The van der Waals surface area contributed by atoms with E-state index in [1.165, 1.54) is 19.3 Å². The Hall–Kier alpha value is -0.610. The molecule has 3 atom stereocenters. The van der Waals surface area contributed by atoms with Crippen LogP contribution in [0.2, 0.25) is 0 Å². The first-order chi connectivity index (χ1) is 7.29. The molecule has 0 bridgehead atoms. The number of nitrogens with one attached hydrogen (secondary N) is 2. The first kappa shape index (κ1) is 10.9. The zero-order valence-electron chi connectivity index (χ0n) is 9.17. The van der Waals surface area contributed by atoms with E-state index in [1.54, 1.807) is 0 Å². The molecule has 1 saturated heterocycles. The zero-order chi connectivity index (χ0) is 10.7. The van der Waals surface area contributed by atoms with Crippen LogP contribution in [0.5, 0.6) is 0 Å². The molecular formula is C11H21N3O. The molecule has 1 aliphatic carbocycles. The van der Waals surface area contributed by atoms with Gasteiger partial charge in [0.1, 0.15) is 0 Å². The van der Waals surface area contributed by atoms with Crippen LogP contribution in [0.3, 0.4) is 0 Å². The molecule has 4 nitrogen and oxygen atoms in total. The van der Waals surface area contributed by atoms with Crippen molar-refractivity contribution in [1.29, 1.82) is 0 Å². The molecule has 15 heavy (non-hydrogen) atoms. The van der Waals surface area contributed by atoms with Crippen LogP contribution in [0, 0.1) is 5.92 Å². The van der Waals surface area contributed by atoms with Gasteiger partial charge in [0.15, 0.2) is 0 Å². The van der Waals surface area contributed by atoms with Gasteiger partial charge < -0.3 is 16.4 Å². The van der Waals surface area contributed by atoms with Gasteiger partial charge in [0.25, 0.3) is 0 Å². The Balaban J connectivity index is 1.71. The van der Waals surface area contributed by atoms with E-state index in [9.17, 15) is 4.79 Å². The van der Waals surface area contributed by atoms with Crippen molar-refractivity contribution in [3.63, 3.8) is 0 Å². The summed E-state index contributed by atoms with van der Waals surface area (Å²) in [7, 11) is 0. The van der Waals surface area contributed by atoms with Crippen molar-refractivity contribution in [2.45, 2.75) is 44.2 Å². The third-order valence-corrected chi connectivity index (χ3v) is 3.67. The number of hydrogen-bond donors (Lipinski definition) is 3. The molecule has 0 aromatic carbocycles. The molecule has 1 aliphatic heterocycles. The number of amides is 1. The van der Waals surface area contributed by atoms with E-state index in [0.717, 1.165) is 19.5 Å². The minimum atomic E-state index is 0.198. The van der Waals surface area contributed by atoms with Crippen molar-refractivity contribution in [1.82, 2.24) is 10.6 Å². The van der Waals surface area contributed by atoms with Crippen LogP contribution in [0.1, 0.15) is 32.1 Å². The molecule has 1 amide bonds. The van der Waals surface area contributed by atoms with Crippen LogP contribution in [-0.4, -0.2) is 31.1 Å². The lowest BCUT2D eigenvalue weighted by Crippen LogP contribution is -2.43. The van der Waals surface area contributed by atoms with Crippen LogP contribution < -0.4 is 16.4 Å². The van der Waals surface area contributed by atoms with Crippen molar-refractivity contribution in [2.75, 3.05) is 13.1 Å². The lowest BCUT2D eigenvalue weighted by atomic mass is 10.0. The van der Waals surface area contributed by atoms with Gasteiger partial charge in [0.2, 0.25) is 5.91 Å². The van der Waals surface area contributed by atoms with E-state index in [2.05, 4.69) is 10.6 Å². The zero-order valence-corrected chi connectivity index (χ0v) is 9.17. The highest BCUT2D eigenvalue weighted by molar-refractivity contribution is 5.78. The average Bonchev–Trinajstić information content (AvgIpc) is 2.83. The van der Waals surface area contributed by atoms with Crippen LogP contribution in [-0.2, 0) is 4.79 Å². The summed E-state index contributed by atoms with van der Waals surface area (Å²) < 4.78 is 0. The van der Waals surface area contributed by atoms with Gasteiger partial charge >= 0.3 is 0 Å². The van der Waals surface area contributed by atoms with Crippen LogP contribution in [0.25, 0.3) is 0 Å². The van der Waals surface area contributed by atoms with Gasteiger partial charge in [0, 0.05) is 25.0 Å². The Morgan fingerprint density at radius 2 is 2.27 bits per heavy atom. The van der Waals surface area contributed by atoms with Gasteiger partial charge in [-0.05, 0) is 31.7 Å². The molecule has 3 unspecified atom stereocenters. The maximum absolute atomic E-state index is 11.0. The Labute approximate surface area is 91.0 Å². The summed E-state index contributed by atoms with van der Waals surface area (Å²) in [5, 5.41) is 6.53. The van der Waals surface area contributed by atoms with E-state index < -0.39 is 0 Å². The van der Waals surface area contributed by atoms with Crippen molar-refractivity contribution in [3.05, 3.63) is 0 Å². The molecule has 0 aromatic heterocycles. The molecule has 1 saturated carbocycles. The fraction of sp³-hybridized carbons (Fsp3) is 0.909. The summed E-state index contributed by atoms with van der Waals surface area (Å²) in [6.07, 6.45) is 5.45. The molecular weight excluding hydrogens is 190 g/mol. The SMILES string of the molecule is NCC1CCCC1NCC1CCC(=O)N1. The second-order valence-electron chi connectivity index (χ2n) is 4.74. The van der Waals surface area contributed by atoms with E-state index in [1.807, 2.05) is 0 Å². The predicted octanol–water partition coefficient (Wildman–Crippen LogP) is -0.0180. The molecule has 0 spiro atoms. The standard InChI is InChI=1S/C11H21N3O/c12-6-8-2-1-3-10(8)13-7-9-4-5-11(15)14-9/h8-10,13H,1-7,12H2,(H,14,15). The molecule has 2 rings (SSSR count). The smallest absolute Gasteiger partial charge is 0.220 e. The second kappa shape index (κ2) is 4.94. The van der Waals surface area contributed by atoms with E-state index in [0.29, 0.717) is 24.4 Å². The lowest BCUT2D eigenvalue weighted by molar-refractivity contribution is -0.119. The predicted molar refractivity (Wildman–Crippen MR) is 59.4 cm³/mol. The molecule has 4 N–H and O–H groups in total. The monoisotopic (exact) mass is 211 g/mol. The molecule has 0 radical (unpaired) electrons. The first-order valence-electron chi connectivity index (χ1n) is 6.02. The first-order valence-corrected chi connectivity index (χ1v) is 6.02. The minimum absolute atomic E-state index is 0.198. The van der Waals surface area contributed by atoms with E-state index >= 15 is 0 Å². The van der Waals surface area contributed by atoms with Crippen molar-refractivity contribution in [2.24, 2.45) is 11.7 Å². The van der Waals surface area contributed by atoms with Crippen LogP contribution >= 0.6 is 0 Å². The summed E-state index contributed by atoms with van der Waals surface area (Å²) in [6.45, 7) is 1.70. The normalized spacial score (nSPS) is 35.8. The maximum Gasteiger partial charge on any atom is 0.220 e. The molecule has 86 valence electrons. The summed E-state index contributed by atoms with van der Waals surface area (Å²) in [4.78, 5) is 11.0. The summed E-state index contributed by atoms with van der Waals surface area (Å²) in [5.74, 6) is 0.839. The lowest BCUT2D eigenvalue weighted by Gasteiger charge is -2.21. The molecule has 2 fully saturated rings. The third-order valence-electron chi connectivity index (χ3n) is 3.67. The van der Waals surface area contributed by atoms with E-state index in [-0.39, 0.29) is 5.91 Å². The maximum atomic E-state index is 11.0. The number of carbonyl (C=O) groups is 1. The Morgan fingerprint density at radius 1 is 1.40 bits per heavy atom. The Morgan fingerprint density at radius 3 is 2.93 bits per heavy atom. The van der Waals surface area contributed by atoms with Crippen molar-refractivity contribution in [3.8, 4) is 0 Å². The quantitative estimate of drug-likeness (QED) is 0.612. The van der Waals surface area contributed by atoms with Crippen LogP contribution in [0.15, 0.2) is 0 Å². The molecule has 1 heterocycles. The average molecular weight is 211 g/mol. The summed E-state index contributed by atoms with van der Waals surface area (Å²) in [6, 6.07) is 0.920. The highest BCUT2D eigenvalue weighted by Gasteiger charge is 2.27. The fourth-order valence-corrected chi connectivity index (χ4v) is 2.71. The third kappa shape index (κ3) is 2.69. The highest BCUT2D eigenvalue weighted by atomic mass is 16.1. The number of nitrogens with two attached hydrogens (primary N) is 1. The minimum Gasteiger partial charge on any atom is -0.352 e. The van der Waals surface area contributed by atoms with Gasteiger partial charge in [0.05, 0.1) is 0 Å². The van der Waals surface area contributed by atoms with Crippen molar-refractivity contribution < 1.29 is 4.79 Å². The Bertz CT molecular complexity index is 232. The van der Waals surface area contributed by atoms with E-state index in [4.69, 9.17) is 5.73 Å². The second-order valence-corrected chi connectivity index (χ2v) is 4.74. The summed E-state index contributed by atoms with van der Waals surface area (Å²) in [5.41, 5.74) is 5.72. The van der Waals surface area contributed by atoms with Crippen molar-refractivity contribution >= 4 is 5.91 Å². The van der Waals surface area contributed by atoms with Crippen LogP contribution in [0.4, 0.5) is 0 Å². The number of carbonyl (C=O) groups excluding carboxylic acids is 1. The molecule has 2 aliphatic rings. The fourth-order valence-electron chi connectivity index (χ4n) is 2.71.